The van der Waals surface area contributed by atoms with Gasteiger partial charge in [-0.25, -0.2) is 4.98 Å². The lowest BCUT2D eigenvalue weighted by Crippen LogP contribution is -2.48. The molecule has 0 bridgehead atoms. The second kappa shape index (κ2) is 13.1. The molecular formula is C30H38ClN5O2. The Hall–Kier alpha value is -3.16. The summed E-state index contributed by atoms with van der Waals surface area (Å²) in [5.74, 6) is 0.767. The van der Waals surface area contributed by atoms with Crippen LogP contribution in [0.1, 0.15) is 53.2 Å². The van der Waals surface area contributed by atoms with Gasteiger partial charge in [0.1, 0.15) is 10.9 Å². The maximum Gasteiger partial charge on any atom is 0.253 e. The molecule has 0 saturated carbocycles. The summed E-state index contributed by atoms with van der Waals surface area (Å²) in [6.45, 7) is 9.79. The molecule has 0 radical (unpaired) electrons. The third-order valence-corrected chi connectivity index (χ3v) is 7.83. The molecule has 1 N–H and O–H groups in total. The van der Waals surface area contributed by atoms with E-state index in [1.165, 1.54) is 16.8 Å². The molecular weight excluding hydrogens is 498 g/mol. The summed E-state index contributed by atoms with van der Waals surface area (Å²) in [4.78, 5) is 26.1. The molecule has 38 heavy (non-hydrogen) atoms. The van der Waals surface area contributed by atoms with Crippen LogP contribution in [-0.4, -0.2) is 59.6 Å². The smallest absolute Gasteiger partial charge is 0.253 e. The molecule has 1 aliphatic heterocycles. The van der Waals surface area contributed by atoms with Crippen molar-refractivity contribution in [3.63, 3.8) is 0 Å². The SMILES string of the molecule is COc1ccc(N(Cc2cnccc2C)C2CCN([C@H](C)CCNC(=O)c3cnc(Cl)cc3C)CC2)cc1. The number of carbonyl (C=O) groups is 1. The molecule has 1 aliphatic rings. The van der Waals surface area contributed by atoms with Crippen molar-refractivity contribution in [1.29, 1.82) is 0 Å². The number of nitrogens with one attached hydrogen (secondary N) is 1. The van der Waals surface area contributed by atoms with Gasteiger partial charge in [0, 0.05) is 62.5 Å². The van der Waals surface area contributed by atoms with E-state index >= 15 is 0 Å². The van der Waals surface area contributed by atoms with Crippen LogP contribution in [0, 0.1) is 13.8 Å². The zero-order valence-corrected chi connectivity index (χ0v) is 23.5. The Morgan fingerprint density at radius 3 is 2.55 bits per heavy atom. The molecule has 0 unspecified atom stereocenters. The topological polar surface area (TPSA) is 70.6 Å². The molecule has 3 aromatic rings. The Bertz CT molecular complexity index is 1210. The van der Waals surface area contributed by atoms with Crippen LogP contribution in [0.4, 0.5) is 5.69 Å². The third kappa shape index (κ3) is 7.03. The molecule has 7 nitrogen and oxygen atoms in total. The second-order valence-corrected chi connectivity index (χ2v) is 10.5. The number of aryl methyl sites for hydroxylation is 2. The van der Waals surface area contributed by atoms with E-state index in [0.29, 0.717) is 29.3 Å². The Morgan fingerprint density at radius 1 is 1.16 bits per heavy atom. The van der Waals surface area contributed by atoms with Crippen molar-refractivity contribution in [2.45, 2.75) is 58.7 Å². The number of likely N-dealkylation sites (tertiary alicyclic amines) is 1. The van der Waals surface area contributed by atoms with Crippen molar-refractivity contribution in [2.24, 2.45) is 0 Å². The first-order valence-electron chi connectivity index (χ1n) is 13.3. The Balaban J connectivity index is 1.33. The van der Waals surface area contributed by atoms with E-state index in [-0.39, 0.29) is 5.91 Å². The molecule has 0 spiro atoms. The molecule has 1 aromatic carbocycles. The maximum absolute atomic E-state index is 12.6. The van der Waals surface area contributed by atoms with E-state index in [1.54, 1.807) is 19.4 Å². The monoisotopic (exact) mass is 535 g/mol. The van der Waals surface area contributed by atoms with Crippen LogP contribution in [0.25, 0.3) is 0 Å². The van der Waals surface area contributed by atoms with Crippen LogP contribution in [0.5, 0.6) is 5.75 Å². The van der Waals surface area contributed by atoms with Crippen molar-refractivity contribution >= 4 is 23.2 Å². The number of nitrogens with zero attached hydrogens (tertiary/aromatic N) is 4. The number of pyridine rings is 2. The van der Waals surface area contributed by atoms with Crippen molar-refractivity contribution in [3.8, 4) is 5.75 Å². The highest BCUT2D eigenvalue weighted by Gasteiger charge is 2.27. The van der Waals surface area contributed by atoms with E-state index < -0.39 is 0 Å². The van der Waals surface area contributed by atoms with E-state index in [2.05, 4.69) is 57.1 Å². The van der Waals surface area contributed by atoms with Gasteiger partial charge in [-0.2, -0.15) is 0 Å². The van der Waals surface area contributed by atoms with Crippen LogP contribution in [0.3, 0.4) is 0 Å². The van der Waals surface area contributed by atoms with Crippen LogP contribution in [0.2, 0.25) is 5.15 Å². The third-order valence-electron chi connectivity index (χ3n) is 7.63. The minimum absolute atomic E-state index is 0.0987. The summed E-state index contributed by atoms with van der Waals surface area (Å²) in [6, 6.07) is 13.0. The quantitative estimate of drug-likeness (QED) is 0.349. The number of hydrogen-bond acceptors (Lipinski definition) is 6. The molecule has 3 heterocycles. The molecule has 4 rings (SSSR count). The highest BCUT2D eigenvalue weighted by molar-refractivity contribution is 6.29. The lowest BCUT2D eigenvalue weighted by Gasteiger charge is -2.42. The van der Waals surface area contributed by atoms with E-state index in [4.69, 9.17) is 16.3 Å². The summed E-state index contributed by atoms with van der Waals surface area (Å²) < 4.78 is 5.38. The van der Waals surface area contributed by atoms with E-state index in [0.717, 1.165) is 50.2 Å². The average Bonchev–Trinajstić information content (AvgIpc) is 2.92. The molecule has 1 fully saturated rings. The lowest BCUT2D eigenvalue weighted by molar-refractivity contribution is 0.0944. The Morgan fingerprint density at radius 2 is 1.89 bits per heavy atom. The van der Waals surface area contributed by atoms with Crippen LogP contribution < -0.4 is 15.0 Å². The first kappa shape index (κ1) is 27.9. The number of piperidine rings is 1. The first-order valence-corrected chi connectivity index (χ1v) is 13.7. The van der Waals surface area contributed by atoms with Gasteiger partial charge in [0.2, 0.25) is 0 Å². The van der Waals surface area contributed by atoms with Crippen LogP contribution >= 0.6 is 11.6 Å². The fourth-order valence-electron chi connectivity index (χ4n) is 5.12. The predicted octanol–water partition coefficient (Wildman–Crippen LogP) is 5.44. The number of carbonyl (C=O) groups excluding carboxylic acids is 1. The number of rotatable bonds is 10. The summed E-state index contributed by atoms with van der Waals surface area (Å²) in [6.07, 6.45) is 8.44. The number of methoxy groups -OCH3 is 1. The zero-order chi connectivity index (χ0) is 27.1. The van der Waals surface area contributed by atoms with Crippen molar-refractivity contribution in [3.05, 3.63) is 82.4 Å². The minimum Gasteiger partial charge on any atom is -0.497 e. The van der Waals surface area contributed by atoms with Gasteiger partial charge < -0.3 is 19.9 Å². The maximum atomic E-state index is 12.6. The molecule has 202 valence electrons. The molecule has 1 saturated heterocycles. The molecule has 1 amide bonds. The predicted molar refractivity (Wildman–Crippen MR) is 153 cm³/mol. The van der Waals surface area contributed by atoms with E-state index in [9.17, 15) is 4.79 Å². The summed E-state index contributed by atoms with van der Waals surface area (Å²) in [7, 11) is 1.70. The Labute approximate surface area is 231 Å². The van der Waals surface area contributed by atoms with Gasteiger partial charge in [0.25, 0.3) is 5.91 Å². The van der Waals surface area contributed by atoms with Crippen molar-refractivity contribution < 1.29 is 9.53 Å². The highest BCUT2D eigenvalue weighted by Crippen LogP contribution is 2.29. The minimum atomic E-state index is -0.0987. The molecule has 8 heteroatoms. The second-order valence-electron chi connectivity index (χ2n) is 10.1. The zero-order valence-electron chi connectivity index (χ0n) is 22.8. The highest BCUT2D eigenvalue weighted by atomic mass is 35.5. The number of ether oxygens (including phenoxy) is 1. The van der Waals surface area contributed by atoms with Crippen molar-refractivity contribution in [1.82, 2.24) is 20.2 Å². The normalized spacial score (nSPS) is 15.2. The lowest BCUT2D eigenvalue weighted by atomic mass is 9.99. The summed E-state index contributed by atoms with van der Waals surface area (Å²) >= 11 is 5.92. The van der Waals surface area contributed by atoms with Crippen molar-refractivity contribution in [2.75, 3.05) is 31.6 Å². The fourth-order valence-corrected chi connectivity index (χ4v) is 5.33. The standard InChI is InChI=1S/C30H38ClN5O2/c1-21-9-13-32-18-24(21)20-36(25-5-7-27(38-4)8-6-25)26-11-15-35(16-12-26)23(3)10-14-33-30(37)28-19-34-29(31)17-22(28)2/h5-9,13,17-19,23,26H,10-12,14-16,20H2,1-4H3,(H,33,37)/t23-/m1/s1. The number of hydrogen-bond donors (Lipinski definition) is 1. The van der Waals surface area contributed by atoms with Gasteiger partial charge >= 0.3 is 0 Å². The Kier molecular flexibility index (Phi) is 9.58. The summed E-state index contributed by atoms with van der Waals surface area (Å²) in [5, 5.41) is 3.45. The van der Waals surface area contributed by atoms with Gasteiger partial charge in [-0.3, -0.25) is 9.78 Å². The number of anilines is 1. The van der Waals surface area contributed by atoms with Crippen LogP contribution in [-0.2, 0) is 6.54 Å². The number of amides is 1. The van der Waals surface area contributed by atoms with Gasteiger partial charge in [-0.05, 0) is 93.1 Å². The first-order chi connectivity index (χ1) is 18.4. The number of aromatic nitrogens is 2. The van der Waals surface area contributed by atoms with Gasteiger partial charge in [-0.1, -0.05) is 11.6 Å². The molecule has 0 aliphatic carbocycles. The number of benzene rings is 1. The molecule has 2 aromatic heterocycles. The number of halogens is 1. The molecule has 1 atom stereocenters. The summed E-state index contributed by atoms with van der Waals surface area (Å²) in [5.41, 5.74) is 5.12. The van der Waals surface area contributed by atoms with Gasteiger partial charge in [0.05, 0.1) is 12.7 Å². The fraction of sp³-hybridized carbons (Fsp3) is 0.433. The largest absolute Gasteiger partial charge is 0.497 e. The van der Waals surface area contributed by atoms with Crippen LogP contribution in [0.15, 0.2) is 55.0 Å². The van der Waals surface area contributed by atoms with Gasteiger partial charge in [-0.15, -0.1) is 0 Å². The van der Waals surface area contributed by atoms with Gasteiger partial charge in [0.15, 0.2) is 0 Å². The van der Waals surface area contributed by atoms with E-state index in [1.807, 2.05) is 31.5 Å². The average molecular weight is 536 g/mol.